The maximum Gasteiger partial charge on any atom is 0.258 e. The van der Waals surface area contributed by atoms with Crippen LogP contribution in [0.25, 0.3) is 5.69 Å². The largest absolute Gasteiger partial charge is 0.380 e. The van der Waals surface area contributed by atoms with Gasteiger partial charge in [0.1, 0.15) is 0 Å². The number of aromatic nitrogens is 2. The Morgan fingerprint density at radius 1 is 1.12 bits per heavy atom. The van der Waals surface area contributed by atoms with E-state index in [-0.39, 0.29) is 6.04 Å². The highest BCUT2D eigenvalue weighted by atomic mass is 16.4. The smallest absolute Gasteiger partial charge is 0.258 e. The lowest BCUT2D eigenvalue weighted by molar-refractivity contribution is -0.168. The molecule has 8 nitrogen and oxygen atoms in total. The average molecular weight is 463 g/mol. The third-order valence-electron chi connectivity index (χ3n) is 6.43. The summed E-state index contributed by atoms with van der Waals surface area (Å²) in [6.45, 7) is 3.43. The SMILES string of the molecule is C[C@@H](NC(=O)[C@H](O)[C@@](C)(O)C(=O)N1CCCC1c1ccccc1)c1ccc(-n2cccn2)cc1. The van der Waals surface area contributed by atoms with Gasteiger partial charge >= 0.3 is 0 Å². The van der Waals surface area contributed by atoms with Crippen LogP contribution in [-0.2, 0) is 9.59 Å². The van der Waals surface area contributed by atoms with Crippen LogP contribution in [0.15, 0.2) is 73.1 Å². The number of likely N-dealkylation sites (tertiary alicyclic amines) is 1. The van der Waals surface area contributed by atoms with Gasteiger partial charge in [-0.2, -0.15) is 5.10 Å². The van der Waals surface area contributed by atoms with E-state index in [4.69, 9.17) is 0 Å². The fourth-order valence-electron chi connectivity index (χ4n) is 4.41. The summed E-state index contributed by atoms with van der Waals surface area (Å²) in [5, 5.41) is 28.5. The number of nitrogens with zero attached hydrogens (tertiary/aromatic N) is 3. The molecule has 4 rings (SSSR count). The fourth-order valence-corrected chi connectivity index (χ4v) is 4.41. The van der Waals surface area contributed by atoms with Crippen LogP contribution >= 0.6 is 0 Å². The van der Waals surface area contributed by atoms with Crippen LogP contribution in [0.4, 0.5) is 0 Å². The quantitative estimate of drug-likeness (QED) is 0.500. The number of benzene rings is 2. The summed E-state index contributed by atoms with van der Waals surface area (Å²) in [6, 6.07) is 18.2. The van der Waals surface area contributed by atoms with Crippen molar-refractivity contribution in [3.63, 3.8) is 0 Å². The number of aliphatic hydroxyl groups is 2. The zero-order valence-electron chi connectivity index (χ0n) is 19.3. The van der Waals surface area contributed by atoms with Gasteiger partial charge in [0, 0.05) is 18.9 Å². The molecule has 8 heteroatoms. The highest BCUT2D eigenvalue weighted by Gasteiger charge is 2.47. The van der Waals surface area contributed by atoms with Gasteiger partial charge in [0.15, 0.2) is 11.7 Å². The van der Waals surface area contributed by atoms with Crippen LogP contribution in [-0.4, -0.2) is 55.0 Å². The minimum Gasteiger partial charge on any atom is -0.380 e. The molecule has 0 saturated carbocycles. The molecule has 1 fully saturated rings. The van der Waals surface area contributed by atoms with Gasteiger partial charge in [-0.1, -0.05) is 42.5 Å². The molecule has 0 radical (unpaired) electrons. The van der Waals surface area contributed by atoms with Crippen LogP contribution in [0.3, 0.4) is 0 Å². The van der Waals surface area contributed by atoms with E-state index in [0.29, 0.717) is 6.54 Å². The van der Waals surface area contributed by atoms with Crippen LogP contribution in [0.1, 0.15) is 49.9 Å². The predicted molar refractivity (Wildman–Crippen MR) is 127 cm³/mol. The molecule has 0 bridgehead atoms. The summed E-state index contributed by atoms with van der Waals surface area (Å²) in [6.07, 6.45) is 3.16. The molecule has 1 unspecified atom stereocenters. The third-order valence-corrected chi connectivity index (χ3v) is 6.43. The van der Waals surface area contributed by atoms with E-state index in [1.54, 1.807) is 22.7 Å². The maximum absolute atomic E-state index is 13.2. The molecular weight excluding hydrogens is 432 g/mol. The zero-order chi connectivity index (χ0) is 24.3. The van der Waals surface area contributed by atoms with E-state index in [2.05, 4.69) is 10.4 Å². The van der Waals surface area contributed by atoms with Crippen molar-refractivity contribution in [3.05, 3.63) is 84.2 Å². The summed E-state index contributed by atoms with van der Waals surface area (Å²) in [7, 11) is 0. The number of aliphatic hydroxyl groups excluding tert-OH is 1. The van der Waals surface area contributed by atoms with E-state index in [9.17, 15) is 19.8 Å². The second kappa shape index (κ2) is 9.79. The highest BCUT2D eigenvalue weighted by molar-refractivity contribution is 5.94. The lowest BCUT2D eigenvalue weighted by Crippen LogP contribution is -2.58. The van der Waals surface area contributed by atoms with Crippen LogP contribution in [0.5, 0.6) is 0 Å². The van der Waals surface area contributed by atoms with E-state index in [0.717, 1.165) is 29.7 Å². The van der Waals surface area contributed by atoms with E-state index >= 15 is 0 Å². The van der Waals surface area contributed by atoms with Gasteiger partial charge < -0.3 is 20.4 Å². The molecule has 34 heavy (non-hydrogen) atoms. The first kappa shape index (κ1) is 23.7. The Kier molecular flexibility index (Phi) is 6.81. The van der Waals surface area contributed by atoms with Gasteiger partial charge in [0.05, 0.1) is 17.8 Å². The summed E-state index contributed by atoms with van der Waals surface area (Å²) in [4.78, 5) is 27.6. The second-order valence-corrected chi connectivity index (χ2v) is 8.89. The van der Waals surface area contributed by atoms with Crippen molar-refractivity contribution in [1.82, 2.24) is 20.0 Å². The number of amides is 2. The van der Waals surface area contributed by atoms with E-state index < -0.39 is 29.6 Å². The first-order valence-electron chi connectivity index (χ1n) is 11.5. The van der Waals surface area contributed by atoms with Gasteiger partial charge in [-0.15, -0.1) is 0 Å². The molecule has 3 aromatic rings. The topological polar surface area (TPSA) is 108 Å². The second-order valence-electron chi connectivity index (χ2n) is 8.89. The Morgan fingerprint density at radius 3 is 2.47 bits per heavy atom. The van der Waals surface area contributed by atoms with Crippen molar-refractivity contribution in [2.75, 3.05) is 6.54 Å². The number of hydrogen-bond donors (Lipinski definition) is 3. The summed E-state index contributed by atoms with van der Waals surface area (Å²) in [5.74, 6) is -1.46. The Hall–Kier alpha value is -3.49. The molecule has 0 aliphatic carbocycles. The minimum atomic E-state index is -2.26. The molecule has 1 aromatic heterocycles. The van der Waals surface area contributed by atoms with Crippen LogP contribution in [0, 0.1) is 0 Å². The highest BCUT2D eigenvalue weighted by Crippen LogP contribution is 2.34. The molecule has 2 amide bonds. The van der Waals surface area contributed by atoms with Crippen molar-refractivity contribution < 1.29 is 19.8 Å². The van der Waals surface area contributed by atoms with Gasteiger partial charge in [0.2, 0.25) is 0 Å². The van der Waals surface area contributed by atoms with Crippen molar-refractivity contribution in [1.29, 1.82) is 0 Å². The summed E-state index contributed by atoms with van der Waals surface area (Å²) >= 11 is 0. The van der Waals surface area contributed by atoms with E-state index in [1.807, 2.05) is 66.9 Å². The van der Waals surface area contributed by atoms with Crippen LogP contribution in [0.2, 0.25) is 0 Å². The molecule has 2 heterocycles. The fraction of sp³-hybridized carbons (Fsp3) is 0.346. The van der Waals surface area contributed by atoms with Gasteiger partial charge in [-0.05, 0) is 56.0 Å². The van der Waals surface area contributed by atoms with Crippen molar-refractivity contribution in [2.45, 2.75) is 50.5 Å². The Morgan fingerprint density at radius 2 is 1.82 bits per heavy atom. The lowest BCUT2D eigenvalue weighted by Gasteiger charge is -2.34. The number of nitrogens with one attached hydrogen (secondary N) is 1. The first-order valence-corrected chi connectivity index (χ1v) is 11.5. The van der Waals surface area contributed by atoms with Crippen LogP contribution < -0.4 is 5.32 Å². The third kappa shape index (κ3) is 4.73. The molecule has 178 valence electrons. The van der Waals surface area contributed by atoms with Crippen molar-refractivity contribution in [2.24, 2.45) is 0 Å². The minimum absolute atomic E-state index is 0.192. The zero-order valence-corrected chi connectivity index (χ0v) is 19.3. The Balaban J connectivity index is 1.42. The van der Waals surface area contributed by atoms with Gasteiger partial charge in [-0.3, -0.25) is 9.59 Å². The molecular formula is C26H30N4O4. The standard InChI is InChI=1S/C26H30N4O4/c1-18(19-11-13-21(14-12-19)30-17-7-15-27-30)28-24(32)23(31)26(2,34)25(33)29-16-6-10-22(29)20-8-4-3-5-9-20/h3-5,7-9,11-15,17-18,22-23,31,34H,6,10,16H2,1-2H3,(H,28,32)/t18-,22?,23+,26-/m1/s1. The monoisotopic (exact) mass is 462 g/mol. The maximum atomic E-state index is 13.2. The Bertz CT molecular complexity index is 1110. The molecule has 1 aliphatic heterocycles. The molecule has 1 saturated heterocycles. The molecule has 4 atom stereocenters. The Labute approximate surface area is 198 Å². The van der Waals surface area contributed by atoms with E-state index in [1.165, 1.54) is 6.92 Å². The first-order chi connectivity index (χ1) is 16.3. The lowest BCUT2D eigenvalue weighted by atomic mass is 9.94. The number of carbonyl (C=O) groups is 2. The van der Waals surface area contributed by atoms with Crippen molar-refractivity contribution >= 4 is 11.8 Å². The normalized spacial score (nSPS) is 19.3. The number of hydrogen-bond acceptors (Lipinski definition) is 5. The predicted octanol–water partition coefficient (Wildman–Crippen LogP) is 2.53. The van der Waals surface area contributed by atoms with Gasteiger partial charge in [0.25, 0.3) is 11.8 Å². The number of rotatable bonds is 7. The van der Waals surface area contributed by atoms with Crippen molar-refractivity contribution in [3.8, 4) is 5.69 Å². The number of carbonyl (C=O) groups excluding carboxylic acids is 2. The molecule has 0 spiro atoms. The summed E-state index contributed by atoms with van der Waals surface area (Å²) < 4.78 is 1.72. The molecule has 3 N–H and O–H groups in total. The summed E-state index contributed by atoms with van der Waals surface area (Å²) in [5.41, 5.74) is 0.395. The molecule has 2 aromatic carbocycles. The molecule has 1 aliphatic rings. The van der Waals surface area contributed by atoms with Gasteiger partial charge in [-0.25, -0.2) is 4.68 Å². The average Bonchev–Trinajstić information content (AvgIpc) is 3.56.